The smallest absolute Gasteiger partial charge is 0.190 e. The fraction of sp³-hybridized carbons (Fsp3) is 0.533. The van der Waals surface area contributed by atoms with Gasteiger partial charge in [-0.3, -0.25) is 4.99 Å². The van der Waals surface area contributed by atoms with Crippen molar-refractivity contribution < 1.29 is 9.47 Å². The number of guanidine groups is 1. The van der Waals surface area contributed by atoms with Gasteiger partial charge in [-0.1, -0.05) is 6.92 Å². The summed E-state index contributed by atoms with van der Waals surface area (Å²) in [6, 6.07) is 5.83. The lowest BCUT2D eigenvalue weighted by atomic mass is 10.1. The number of rotatable bonds is 7. The van der Waals surface area contributed by atoms with E-state index in [4.69, 9.17) is 9.47 Å². The maximum Gasteiger partial charge on any atom is 0.190 e. The maximum absolute atomic E-state index is 5.36. The molecule has 0 unspecified atom stereocenters. The third-order valence-corrected chi connectivity index (χ3v) is 2.94. The predicted molar refractivity (Wildman–Crippen MR) is 98.3 cm³/mol. The summed E-state index contributed by atoms with van der Waals surface area (Å²) in [5, 5.41) is 6.52. The van der Waals surface area contributed by atoms with E-state index in [2.05, 4.69) is 22.5 Å². The van der Waals surface area contributed by atoms with Crippen LogP contribution >= 0.6 is 24.0 Å². The van der Waals surface area contributed by atoms with Gasteiger partial charge in [0, 0.05) is 20.1 Å². The molecule has 0 spiro atoms. The summed E-state index contributed by atoms with van der Waals surface area (Å²) in [6.45, 7) is 3.83. The summed E-state index contributed by atoms with van der Waals surface area (Å²) in [4.78, 5) is 4.17. The highest BCUT2D eigenvalue weighted by Gasteiger charge is 2.05. The molecule has 0 amide bonds. The third kappa shape index (κ3) is 6.88. The first kappa shape index (κ1) is 19.8. The highest BCUT2D eigenvalue weighted by atomic mass is 127. The largest absolute Gasteiger partial charge is 0.497 e. The van der Waals surface area contributed by atoms with Crippen molar-refractivity contribution in [3.05, 3.63) is 23.8 Å². The van der Waals surface area contributed by atoms with Gasteiger partial charge in [-0.05, 0) is 36.6 Å². The Kier molecular flexibility index (Phi) is 10.8. The van der Waals surface area contributed by atoms with Gasteiger partial charge < -0.3 is 20.1 Å². The molecule has 0 saturated heterocycles. The zero-order valence-corrected chi connectivity index (χ0v) is 15.6. The number of hydrogen-bond donors (Lipinski definition) is 2. The van der Waals surface area contributed by atoms with Crippen molar-refractivity contribution in [1.29, 1.82) is 0 Å². The van der Waals surface area contributed by atoms with Crippen LogP contribution in [0.15, 0.2) is 23.2 Å². The second-order valence-corrected chi connectivity index (χ2v) is 4.35. The number of halogens is 1. The molecular formula is C15H26IN3O2. The minimum absolute atomic E-state index is 0. The Balaban J connectivity index is 0.00000400. The summed E-state index contributed by atoms with van der Waals surface area (Å²) in [5.41, 5.74) is 1.12. The predicted octanol–water partition coefficient (Wildman–Crippen LogP) is 2.44. The van der Waals surface area contributed by atoms with Gasteiger partial charge in [-0.15, -0.1) is 24.0 Å². The lowest BCUT2D eigenvalue weighted by Gasteiger charge is -2.13. The van der Waals surface area contributed by atoms with Gasteiger partial charge >= 0.3 is 0 Å². The first-order valence-corrected chi connectivity index (χ1v) is 6.90. The monoisotopic (exact) mass is 407 g/mol. The second-order valence-electron chi connectivity index (χ2n) is 4.35. The van der Waals surface area contributed by atoms with Crippen LogP contribution in [0.2, 0.25) is 0 Å². The van der Waals surface area contributed by atoms with Gasteiger partial charge in [0.25, 0.3) is 0 Å². The van der Waals surface area contributed by atoms with E-state index in [0.29, 0.717) is 0 Å². The minimum Gasteiger partial charge on any atom is -0.497 e. The Hall–Kier alpha value is -1.18. The minimum atomic E-state index is 0. The molecule has 6 heteroatoms. The molecule has 0 saturated carbocycles. The van der Waals surface area contributed by atoms with Crippen LogP contribution < -0.4 is 20.1 Å². The molecule has 0 bridgehead atoms. The number of benzene rings is 1. The molecule has 21 heavy (non-hydrogen) atoms. The molecule has 1 aromatic carbocycles. The van der Waals surface area contributed by atoms with Crippen molar-refractivity contribution >= 4 is 29.9 Å². The van der Waals surface area contributed by atoms with Gasteiger partial charge in [-0.2, -0.15) is 0 Å². The van der Waals surface area contributed by atoms with Gasteiger partial charge in [0.1, 0.15) is 11.5 Å². The van der Waals surface area contributed by atoms with Crippen LogP contribution in [0.4, 0.5) is 0 Å². The molecule has 120 valence electrons. The molecule has 5 nitrogen and oxygen atoms in total. The van der Waals surface area contributed by atoms with E-state index < -0.39 is 0 Å². The Labute approximate surface area is 144 Å². The zero-order valence-electron chi connectivity index (χ0n) is 13.2. The van der Waals surface area contributed by atoms with Crippen molar-refractivity contribution in [2.75, 3.05) is 34.4 Å². The average Bonchev–Trinajstić information content (AvgIpc) is 2.50. The fourth-order valence-electron chi connectivity index (χ4n) is 1.86. The molecule has 0 aliphatic rings. The number of nitrogens with zero attached hydrogens (tertiary/aromatic N) is 1. The summed E-state index contributed by atoms with van der Waals surface area (Å²) in [7, 11) is 5.12. The highest BCUT2D eigenvalue weighted by Crippen LogP contribution is 2.23. The quantitative estimate of drug-likeness (QED) is 0.414. The zero-order chi connectivity index (χ0) is 14.8. The molecule has 0 aliphatic heterocycles. The SMILES string of the molecule is CCCNC(=NC)NCCc1cc(OC)ccc1OC.I. The fourth-order valence-corrected chi connectivity index (χ4v) is 1.86. The van der Waals surface area contributed by atoms with Crippen LogP contribution in [0.3, 0.4) is 0 Å². The number of hydrogen-bond acceptors (Lipinski definition) is 3. The number of aliphatic imine (C=N–C) groups is 1. The van der Waals surface area contributed by atoms with Gasteiger partial charge in [0.2, 0.25) is 0 Å². The topological polar surface area (TPSA) is 54.9 Å². The normalized spacial score (nSPS) is 10.6. The van der Waals surface area contributed by atoms with Crippen LogP contribution in [-0.2, 0) is 6.42 Å². The summed E-state index contributed by atoms with van der Waals surface area (Å²) in [5.74, 6) is 2.55. The van der Waals surface area contributed by atoms with E-state index in [9.17, 15) is 0 Å². The van der Waals surface area contributed by atoms with Crippen LogP contribution in [0.25, 0.3) is 0 Å². The van der Waals surface area contributed by atoms with Gasteiger partial charge in [-0.25, -0.2) is 0 Å². The standard InChI is InChI=1S/C15H25N3O2.HI/c1-5-9-17-15(16-2)18-10-8-12-11-13(19-3)6-7-14(12)20-4;/h6-7,11H,5,8-10H2,1-4H3,(H2,16,17,18);1H. The number of nitrogens with one attached hydrogen (secondary N) is 2. The Bertz CT molecular complexity index is 439. The maximum atomic E-state index is 5.36. The van der Waals surface area contributed by atoms with Crippen LogP contribution in [0.5, 0.6) is 11.5 Å². The summed E-state index contributed by atoms with van der Waals surface area (Å²) < 4.78 is 10.6. The number of ether oxygens (including phenoxy) is 2. The van der Waals surface area contributed by atoms with Crippen molar-refractivity contribution in [1.82, 2.24) is 10.6 Å². The van der Waals surface area contributed by atoms with Crippen molar-refractivity contribution in [2.24, 2.45) is 4.99 Å². The van der Waals surface area contributed by atoms with E-state index in [1.165, 1.54) is 0 Å². The first-order valence-electron chi connectivity index (χ1n) is 6.90. The second kappa shape index (κ2) is 11.5. The van der Waals surface area contributed by atoms with Crippen LogP contribution in [0, 0.1) is 0 Å². The van der Waals surface area contributed by atoms with E-state index in [1.54, 1.807) is 21.3 Å². The van der Waals surface area contributed by atoms with Gasteiger partial charge in [0.15, 0.2) is 5.96 Å². The molecule has 0 aromatic heterocycles. The lowest BCUT2D eigenvalue weighted by Crippen LogP contribution is -2.38. The van der Waals surface area contributed by atoms with Crippen LogP contribution in [-0.4, -0.2) is 40.3 Å². The molecular weight excluding hydrogens is 381 g/mol. The number of methoxy groups -OCH3 is 2. The Morgan fingerprint density at radius 1 is 1.14 bits per heavy atom. The average molecular weight is 407 g/mol. The van der Waals surface area contributed by atoms with Crippen molar-refractivity contribution in [3.8, 4) is 11.5 Å². The molecule has 2 N–H and O–H groups in total. The van der Waals surface area contributed by atoms with E-state index in [-0.39, 0.29) is 24.0 Å². The van der Waals surface area contributed by atoms with Gasteiger partial charge in [0.05, 0.1) is 14.2 Å². The molecule has 0 aliphatic carbocycles. The van der Waals surface area contributed by atoms with Crippen molar-refractivity contribution in [2.45, 2.75) is 19.8 Å². The molecule has 1 rings (SSSR count). The molecule has 0 radical (unpaired) electrons. The van der Waals surface area contributed by atoms with E-state index in [0.717, 1.165) is 49.0 Å². The van der Waals surface area contributed by atoms with Crippen LogP contribution in [0.1, 0.15) is 18.9 Å². The van der Waals surface area contributed by atoms with E-state index in [1.807, 2.05) is 18.2 Å². The molecule has 1 aromatic rings. The van der Waals surface area contributed by atoms with Crippen molar-refractivity contribution in [3.63, 3.8) is 0 Å². The Morgan fingerprint density at radius 2 is 1.86 bits per heavy atom. The summed E-state index contributed by atoms with van der Waals surface area (Å²) >= 11 is 0. The Morgan fingerprint density at radius 3 is 2.43 bits per heavy atom. The van der Waals surface area contributed by atoms with E-state index >= 15 is 0 Å². The molecule has 0 heterocycles. The molecule has 0 fully saturated rings. The lowest BCUT2D eigenvalue weighted by molar-refractivity contribution is 0.398. The highest BCUT2D eigenvalue weighted by molar-refractivity contribution is 14.0. The first-order chi connectivity index (χ1) is 9.74. The summed E-state index contributed by atoms with van der Waals surface area (Å²) in [6.07, 6.45) is 1.91. The third-order valence-electron chi connectivity index (χ3n) is 2.94. The molecule has 0 atom stereocenters.